The molecule has 0 aromatic carbocycles. The van der Waals surface area contributed by atoms with Gasteiger partial charge < -0.3 is 21.1 Å². The van der Waals surface area contributed by atoms with Crippen LogP contribution in [0.1, 0.15) is 57.4 Å². The minimum Gasteiger partial charge on any atom is -0.474 e. The van der Waals surface area contributed by atoms with Gasteiger partial charge in [0.2, 0.25) is 11.8 Å². The number of carbonyl (C=O) groups is 2. The fraction of sp³-hybridized carbons (Fsp3) is 0.611. The molecule has 1 aromatic rings. The summed E-state index contributed by atoms with van der Waals surface area (Å²) in [5.41, 5.74) is 6.03. The summed E-state index contributed by atoms with van der Waals surface area (Å²) in [6.07, 6.45) is 9.05. The van der Waals surface area contributed by atoms with Crippen LogP contribution in [0, 0.1) is 0 Å². The van der Waals surface area contributed by atoms with Crippen molar-refractivity contribution >= 4 is 11.9 Å². The summed E-state index contributed by atoms with van der Waals surface area (Å²) in [4.78, 5) is 27.5. The first-order valence-corrected chi connectivity index (χ1v) is 9.03. The van der Waals surface area contributed by atoms with Gasteiger partial charge in [-0.25, -0.2) is 9.78 Å². The molecule has 3 amide bonds. The molecule has 7 heteroatoms. The Morgan fingerprint density at radius 2 is 2.12 bits per heavy atom. The first-order valence-electron chi connectivity index (χ1n) is 9.03. The Hall–Kier alpha value is -2.31. The highest BCUT2D eigenvalue weighted by Gasteiger charge is 2.19. The molecule has 1 aliphatic rings. The lowest BCUT2D eigenvalue weighted by molar-refractivity contribution is -0.123. The van der Waals surface area contributed by atoms with Gasteiger partial charge >= 0.3 is 6.03 Å². The zero-order valence-electron chi connectivity index (χ0n) is 14.8. The smallest absolute Gasteiger partial charge is 0.312 e. The van der Waals surface area contributed by atoms with Crippen molar-refractivity contribution in [1.82, 2.24) is 15.6 Å². The van der Waals surface area contributed by atoms with Crippen LogP contribution in [0.5, 0.6) is 5.88 Å². The second kappa shape index (κ2) is 9.86. The first kappa shape index (κ1) is 19.0. The van der Waals surface area contributed by atoms with Gasteiger partial charge in [-0.3, -0.25) is 4.79 Å². The molecule has 0 bridgehead atoms. The number of aromatic nitrogens is 1. The quantitative estimate of drug-likeness (QED) is 0.670. The molecule has 2 rings (SSSR count). The van der Waals surface area contributed by atoms with Crippen molar-refractivity contribution in [3.05, 3.63) is 23.9 Å². The molecule has 1 aliphatic carbocycles. The molecule has 1 saturated carbocycles. The summed E-state index contributed by atoms with van der Waals surface area (Å²) in [6, 6.07) is 2.39. The van der Waals surface area contributed by atoms with Crippen LogP contribution in [-0.2, 0) is 11.3 Å². The van der Waals surface area contributed by atoms with E-state index < -0.39 is 12.1 Å². The molecule has 25 heavy (non-hydrogen) atoms. The van der Waals surface area contributed by atoms with Gasteiger partial charge in [-0.15, -0.1) is 0 Å². The lowest BCUT2D eigenvalue weighted by Gasteiger charge is -2.22. The van der Waals surface area contributed by atoms with E-state index >= 15 is 0 Å². The highest BCUT2D eigenvalue weighted by Crippen LogP contribution is 2.22. The third-order valence-corrected chi connectivity index (χ3v) is 4.32. The van der Waals surface area contributed by atoms with Crippen LogP contribution in [0.4, 0.5) is 4.79 Å². The Morgan fingerprint density at radius 1 is 1.36 bits per heavy atom. The number of amides is 3. The normalized spacial score (nSPS) is 16.0. The van der Waals surface area contributed by atoms with Crippen LogP contribution >= 0.6 is 0 Å². The lowest BCUT2D eigenvalue weighted by Crippen LogP contribution is -2.48. The number of primary amides is 1. The van der Waals surface area contributed by atoms with Crippen molar-refractivity contribution in [3.8, 4) is 5.88 Å². The summed E-state index contributed by atoms with van der Waals surface area (Å²) < 4.78 is 5.94. The number of pyridine rings is 1. The standard InChI is InChI=1S/C18H28N4O3/c1-2-6-15(22-18(19)24)17(23)21-12-13-9-10-20-16(11-13)25-14-7-4-3-5-8-14/h9-11,14-15H,2-8,12H2,1H3,(H,21,23)(H3,19,22,24). The highest BCUT2D eigenvalue weighted by atomic mass is 16.5. The van der Waals surface area contributed by atoms with E-state index in [1.54, 1.807) is 6.20 Å². The molecule has 1 fully saturated rings. The summed E-state index contributed by atoms with van der Waals surface area (Å²) in [5, 5.41) is 5.30. The van der Waals surface area contributed by atoms with E-state index in [1.807, 2.05) is 19.1 Å². The van der Waals surface area contributed by atoms with Crippen molar-refractivity contribution in [2.75, 3.05) is 0 Å². The lowest BCUT2D eigenvalue weighted by atomic mass is 9.98. The Labute approximate surface area is 148 Å². The van der Waals surface area contributed by atoms with Crippen molar-refractivity contribution in [2.45, 2.75) is 70.6 Å². The maximum atomic E-state index is 12.2. The molecule has 7 nitrogen and oxygen atoms in total. The predicted molar refractivity (Wildman–Crippen MR) is 95.0 cm³/mol. The molecule has 0 radical (unpaired) electrons. The molecule has 138 valence electrons. The summed E-state index contributed by atoms with van der Waals surface area (Å²) >= 11 is 0. The van der Waals surface area contributed by atoms with Gasteiger partial charge in [-0.2, -0.15) is 0 Å². The van der Waals surface area contributed by atoms with Crippen LogP contribution in [0.2, 0.25) is 0 Å². The minimum atomic E-state index is -0.694. The summed E-state index contributed by atoms with van der Waals surface area (Å²) in [6.45, 7) is 2.30. The van der Waals surface area contributed by atoms with E-state index in [1.165, 1.54) is 19.3 Å². The van der Waals surface area contributed by atoms with Gasteiger partial charge in [0.05, 0.1) is 0 Å². The van der Waals surface area contributed by atoms with Gasteiger partial charge in [0.15, 0.2) is 0 Å². The van der Waals surface area contributed by atoms with Crippen LogP contribution < -0.4 is 21.1 Å². The number of carbonyl (C=O) groups excluding carboxylic acids is 2. The van der Waals surface area contributed by atoms with Crippen LogP contribution in [0.3, 0.4) is 0 Å². The minimum absolute atomic E-state index is 0.236. The van der Waals surface area contributed by atoms with Crippen molar-refractivity contribution in [1.29, 1.82) is 0 Å². The Bertz CT molecular complexity index is 573. The molecule has 0 spiro atoms. The number of ether oxygens (including phenoxy) is 1. The fourth-order valence-electron chi connectivity index (χ4n) is 3.02. The molecule has 0 saturated heterocycles. The zero-order chi connectivity index (χ0) is 18.1. The van der Waals surface area contributed by atoms with Crippen LogP contribution in [0.25, 0.3) is 0 Å². The van der Waals surface area contributed by atoms with E-state index in [2.05, 4.69) is 15.6 Å². The number of nitrogens with zero attached hydrogens (tertiary/aromatic N) is 1. The number of hydrogen-bond acceptors (Lipinski definition) is 4. The predicted octanol–water partition coefficient (Wildman–Crippen LogP) is 2.25. The summed E-state index contributed by atoms with van der Waals surface area (Å²) in [5.74, 6) is 0.353. The van der Waals surface area contributed by atoms with E-state index in [9.17, 15) is 9.59 Å². The largest absolute Gasteiger partial charge is 0.474 e. The fourth-order valence-corrected chi connectivity index (χ4v) is 3.02. The third-order valence-electron chi connectivity index (χ3n) is 4.32. The number of nitrogens with one attached hydrogen (secondary N) is 2. The third kappa shape index (κ3) is 6.60. The van der Waals surface area contributed by atoms with E-state index in [-0.39, 0.29) is 12.0 Å². The maximum absolute atomic E-state index is 12.2. The number of urea groups is 1. The SMILES string of the molecule is CCCC(NC(N)=O)C(=O)NCc1ccnc(OC2CCCCC2)c1. The zero-order valence-corrected chi connectivity index (χ0v) is 14.8. The van der Waals surface area contributed by atoms with Gasteiger partial charge in [0, 0.05) is 18.8 Å². The highest BCUT2D eigenvalue weighted by molar-refractivity contribution is 5.86. The van der Waals surface area contributed by atoms with Crippen molar-refractivity contribution < 1.29 is 14.3 Å². The molecular weight excluding hydrogens is 320 g/mol. The average Bonchev–Trinajstić information content (AvgIpc) is 2.60. The van der Waals surface area contributed by atoms with Gasteiger partial charge in [0.25, 0.3) is 0 Å². The average molecular weight is 348 g/mol. The second-order valence-electron chi connectivity index (χ2n) is 6.45. The molecule has 1 aromatic heterocycles. The monoisotopic (exact) mass is 348 g/mol. The second-order valence-corrected chi connectivity index (χ2v) is 6.45. The van der Waals surface area contributed by atoms with Crippen molar-refractivity contribution in [2.24, 2.45) is 5.73 Å². The molecule has 0 aliphatic heterocycles. The molecular formula is C18H28N4O3. The maximum Gasteiger partial charge on any atom is 0.312 e. The number of nitrogens with two attached hydrogens (primary N) is 1. The van der Waals surface area contributed by atoms with Gasteiger partial charge in [0.1, 0.15) is 12.1 Å². The molecule has 1 unspecified atom stereocenters. The Morgan fingerprint density at radius 3 is 2.80 bits per heavy atom. The number of hydrogen-bond donors (Lipinski definition) is 3. The Balaban J connectivity index is 1.87. The van der Waals surface area contributed by atoms with Gasteiger partial charge in [-0.05, 0) is 43.7 Å². The molecule has 1 heterocycles. The molecule has 4 N–H and O–H groups in total. The van der Waals surface area contributed by atoms with Gasteiger partial charge in [-0.1, -0.05) is 19.8 Å². The first-order chi connectivity index (χ1) is 12.1. The van der Waals surface area contributed by atoms with E-state index in [0.29, 0.717) is 18.8 Å². The van der Waals surface area contributed by atoms with E-state index in [4.69, 9.17) is 10.5 Å². The summed E-state index contributed by atoms with van der Waals surface area (Å²) in [7, 11) is 0. The molecule has 1 atom stereocenters. The Kier molecular flexibility index (Phi) is 7.50. The number of rotatable bonds is 8. The van der Waals surface area contributed by atoms with Crippen LogP contribution in [-0.4, -0.2) is 29.1 Å². The van der Waals surface area contributed by atoms with E-state index in [0.717, 1.165) is 24.8 Å². The van der Waals surface area contributed by atoms with Crippen LogP contribution in [0.15, 0.2) is 18.3 Å². The van der Waals surface area contributed by atoms with Crippen molar-refractivity contribution in [3.63, 3.8) is 0 Å². The topological polar surface area (TPSA) is 106 Å².